The number of urea groups is 1. The maximum atomic E-state index is 14.5. The van der Waals surface area contributed by atoms with E-state index in [1.165, 1.54) is 109 Å². The lowest BCUT2D eigenvalue weighted by atomic mass is 10.0. The molecule has 0 bridgehead atoms. The van der Waals surface area contributed by atoms with E-state index in [1.807, 2.05) is 12.2 Å². The summed E-state index contributed by atoms with van der Waals surface area (Å²) in [6, 6.07) is 6.78. The molecule has 13 amide bonds. The Morgan fingerprint density at radius 2 is 0.896 bits per heavy atom. The molecule has 0 unspecified atom stereocenters. The second-order valence-corrected chi connectivity index (χ2v) is 28.0. The summed E-state index contributed by atoms with van der Waals surface area (Å²) in [5, 5.41) is 87.5. The third-order valence-corrected chi connectivity index (χ3v) is 18.6. The number of imide groups is 1. The zero-order valence-corrected chi connectivity index (χ0v) is 60.9. The Morgan fingerprint density at radius 3 is 1.37 bits per heavy atom. The maximum Gasteiger partial charge on any atom is 0.336 e. The molecule has 33 nitrogen and oxygen atoms in total. The highest BCUT2D eigenvalue weighted by atomic mass is 33.1. The topological polar surface area (TPSA) is 522 Å². The highest BCUT2D eigenvalue weighted by Crippen LogP contribution is 2.22. The molecule has 4 aromatic carbocycles. The number of carbonyl (C=O) groups excluding carboxylic acids is 12. The van der Waals surface area contributed by atoms with Crippen LogP contribution < -0.4 is 63.8 Å². The number of phenols is 3. The Hall–Kier alpha value is -11.1. The highest BCUT2D eigenvalue weighted by Gasteiger charge is 2.37. The van der Waals surface area contributed by atoms with Crippen LogP contribution in [0.4, 0.5) is 4.79 Å². The molecule has 0 radical (unpaired) electrons. The average molecular weight is 1530 g/mol. The number of unbranched alkanes of at least 4 members (excludes halogenated alkanes) is 1. The minimum absolute atomic E-state index is 0.0443. The number of benzene rings is 4. The number of amides is 13. The molecule has 4 aromatic rings. The summed E-state index contributed by atoms with van der Waals surface area (Å²) >= 11 is 1.24. The zero-order chi connectivity index (χ0) is 78.6. The zero-order valence-electron chi connectivity index (χ0n) is 58.5. The predicted molar refractivity (Wildman–Crippen MR) is 391 cm³/mol. The maximum absolute atomic E-state index is 14.5. The fourth-order valence-electron chi connectivity index (χ4n) is 9.83. The first-order valence-electron chi connectivity index (χ1n) is 33.1. The van der Waals surface area contributed by atoms with Gasteiger partial charge < -0.3 is 89.1 Å². The van der Waals surface area contributed by atoms with Crippen molar-refractivity contribution in [2.75, 3.05) is 30.1 Å². The van der Waals surface area contributed by atoms with Crippen LogP contribution in [0.15, 0.2) is 103 Å². The molecule has 0 aliphatic carbocycles. The molecule has 0 aromatic heterocycles. The second kappa shape index (κ2) is 45.2. The molecule has 0 saturated heterocycles. The van der Waals surface area contributed by atoms with E-state index in [-0.39, 0.29) is 73.7 Å². The largest absolute Gasteiger partial charge is 0.508 e. The SMILES string of the molecule is C#CCCCC(=O)N[C@H](Cc1ccc(O)cc1)C(=O)N[C@H](CSSCC)C(=O)N[C@H](C(=O)O)C(=O)NCC(=O)N[C@@H](Cc1ccccc1)C(=O)N[C@H](Cc1ccc(O)cc1)C(=O)N[C@H](C)C(=O)NC(=O)N[C@H](Cc1ccc(O)cc1)C(=O)N[C@H](CCSC)C(=O)N[C@H](CC(=O)O)C(=O)N[C@@H](C(=O)O)C(C)C. The second-order valence-electron chi connectivity index (χ2n) is 24.2. The van der Waals surface area contributed by atoms with Gasteiger partial charge in [0.2, 0.25) is 65.1 Å². The summed E-state index contributed by atoms with van der Waals surface area (Å²) < 4.78 is 0. The smallest absolute Gasteiger partial charge is 0.336 e. The van der Waals surface area contributed by atoms with Gasteiger partial charge in [0.15, 0.2) is 0 Å². The van der Waals surface area contributed by atoms with E-state index in [9.17, 15) is 103 Å². The van der Waals surface area contributed by atoms with E-state index in [2.05, 4.69) is 64.4 Å². The molecule has 106 heavy (non-hydrogen) atoms. The van der Waals surface area contributed by atoms with Crippen LogP contribution >= 0.6 is 33.3 Å². The molecular formula is C70H88N12O21S3. The van der Waals surface area contributed by atoms with Crippen LogP contribution in [0.1, 0.15) is 82.1 Å². The van der Waals surface area contributed by atoms with Gasteiger partial charge in [0.05, 0.1) is 13.0 Å². The van der Waals surface area contributed by atoms with Gasteiger partial charge in [-0.3, -0.25) is 62.9 Å². The van der Waals surface area contributed by atoms with Crippen molar-refractivity contribution >= 4 is 122 Å². The molecule has 0 heterocycles. The lowest BCUT2D eigenvalue weighted by Gasteiger charge is -2.26. The number of aliphatic carboxylic acids is 3. The van der Waals surface area contributed by atoms with E-state index < -0.39 is 168 Å². The molecule has 10 atom stereocenters. The normalized spacial score (nSPS) is 13.7. The first-order chi connectivity index (χ1) is 50.3. The molecule has 0 saturated carbocycles. The number of nitrogens with one attached hydrogen (secondary N) is 12. The van der Waals surface area contributed by atoms with Gasteiger partial charge in [-0.2, -0.15) is 11.8 Å². The van der Waals surface area contributed by atoms with Gasteiger partial charge in [0.1, 0.15) is 71.6 Å². The number of carboxylic acid groups (broad SMARTS) is 3. The Morgan fingerprint density at radius 1 is 0.462 bits per heavy atom. The van der Waals surface area contributed by atoms with Gasteiger partial charge in [-0.1, -0.05) is 109 Å². The van der Waals surface area contributed by atoms with Gasteiger partial charge in [0, 0.05) is 50.0 Å². The number of thioether (sulfide) groups is 1. The Bertz CT molecular complexity index is 3760. The van der Waals surface area contributed by atoms with Crippen molar-refractivity contribution in [3.05, 3.63) is 125 Å². The standard InChI is InChI=1S/C70H88N12O21S3/c1-7-9-11-16-54(86)73-48(32-41-17-23-44(83)24-18-41)63(94)78-53(37-106-105-8-2)66(97)81-58(69(101)102)67(98)71-36-55(87)74-49(31-40-14-12-10-13-15-40)62(93)76-50(33-42-19-25-45(84)26-20-42)61(92)72-39(5)59(90)82-70(103)79-51(34-43-21-27-46(85)28-22-43)64(95)75-47(29-30-104-6)60(91)77-52(35-56(88)89)65(96)80-57(38(3)4)68(99)100/h1,10,12-15,17-28,38-39,47-53,57-58,83-85H,8-9,11,16,29-37H2,2-6H3,(H,71,98)(H,72,92)(H,73,86)(H,74,87)(H,75,95)(H,76,93)(H,77,91)(H,78,94)(H,80,96)(H,81,97)(H,88,89)(H,99,100)(H,101,102)(H2,79,82,90,103)/t39-,47-,48-,49+,50-,51-,52-,53-,57-,58+/m1/s1. The summed E-state index contributed by atoms with van der Waals surface area (Å²) in [5.74, 6) is -14.5. The number of carboxylic acids is 3. The fraction of sp³-hybridized carbons (Fsp3) is 0.414. The van der Waals surface area contributed by atoms with Crippen LogP contribution in [-0.4, -0.2) is 210 Å². The van der Waals surface area contributed by atoms with Crippen LogP contribution in [0.5, 0.6) is 17.2 Å². The van der Waals surface area contributed by atoms with Crippen LogP contribution in [0.3, 0.4) is 0 Å². The Balaban J connectivity index is 1.53. The molecule has 4 rings (SSSR count). The third-order valence-electron chi connectivity index (χ3n) is 15.5. The van der Waals surface area contributed by atoms with Gasteiger partial charge in [-0.25, -0.2) is 14.4 Å². The summed E-state index contributed by atoms with van der Waals surface area (Å²) in [6.45, 7) is 4.92. The van der Waals surface area contributed by atoms with Crippen molar-refractivity contribution in [3.8, 4) is 29.6 Å². The van der Waals surface area contributed by atoms with E-state index in [1.54, 1.807) is 36.6 Å². The van der Waals surface area contributed by atoms with Crippen molar-refractivity contribution < 1.29 is 103 Å². The van der Waals surface area contributed by atoms with Crippen LogP contribution in [0, 0.1) is 18.3 Å². The highest BCUT2D eigenvalue weighted by molar-refractivity contribution is 8.76. The Labute approximate surface area is 622 Å². The van der Waals surface area contributed by atoms with Crippen molar-refractivity contribution in [1.82, 2.24) is 63.8 Å². The number of rotatable bonds is 44. The summed E-state index contributed by atoms with van der Waals surface area (Å²) in [5.41, 5.74) is 1.64. The number of phenolic OH excluding ortho intramolecular Hbond substituents is 3. The summed E-state index contributed by atoms with van der Waals surface area (Å²) in [7, 11) is 2.42. The van der Waals surface area contributed by atoms with Crippen LogP contribution in [0.2, 0.25) is 0 Å². The van der Waals surface area contributed by atoms with E-state index >= 15 is 0 Å². The molecule has 0 fully saturated rings. The molecule has 18 N–H and O–H groups in total. The van der Waals surface area contributed by atoms with Gasteiger partial charge in [-0.15, -0.1) is 12.3 Å². The molecule has 36 heteroatoms. The van der Waals surface area contributed by atoms with Gasteiger partial charge in [-0.05, 0) is 96.3 Å². The molecular weight excluding hydrogens is 1440 g/mol. The number of hydrogen-bond donors (Lipinski definition) is 18. The monoisotopic (exact) mass is 1530 g/mol. The molecule has 572 valence electrons. The van der Waals surface area contributed by atoms with Crippen LogP contribution in [0.25, 0.3) is 0 Å². The lowest BCUT2D eigenvalue weighted by molar-refractivity contribution is -0.147. The molecule has 0 aliphatic rings. The number of terminal acetylenes is 1. The first kappa shape index (κ1) is 87.3. The van der Waals surface area contributed by atoms with Gasteiger partial charge in [0.25, 0.3) is 5.91 Å². The van der Waals surface area contributed by atoms with Crippen LogP contribution in [-0.2, 0) is 92.8 Å². The number of aromatic hydroxyl groups is 3. The van der Waals surface area contributed by atoms with Crippen molar-refractivity contribution in [3.63, 3.8) is 0 Å². The fourth-order valence-corrected chi connectivity index (χ4v) is 12.1. The Kier molecular flexibility index (Phi) is 37.3. The molecule has 0 spiro atoms. The van der Waals surface area contributed by atoms with Crippen molar-refractivity contribution in [2.45, 2.75) is 146 Å². The average Bonchev–Trinajstić information content (AvgIpc) is 0.863. The van der Waals surface area contributed by atoms with E-state index in [0.29, 0.717) is 34.4 Å². The third kappa shape index (κ3) is 31.5. The van der Waals surface area contributed by atoms with E-state index in [4.69, 9.17) is 6.42 Å². The van der Waals surface area contributed by atoms with Gasteiger partial charge >= 0.3 is 23.9 Å². The predicted octanol–water partition coefficient (Wildman–Crippen LogP) is 0.0255. The minimum Gasteiger partial charge on any atom is -0.508 e. The number of carbonyl (C=O) groups is 15. The van der Waals surface area contributed by atoms with Crippen molar-refractivity contribution in [2.24, 2.45) is 5.92 Å². The quantitative estimate of drug-likeness (QED) is 0.0120. The van der Waals surface area contributed by atoms with E-state index in [0.717, 1.165) is 17.7 Å². The van der Waals surface area contributed by atoms with Crippen molar-refractivity contribution in [1.29, 1.82) is 0 Å². The first-order valence-corrected chi connectivity index (χ1v) is 37.0. The lowest BCUT2D eigenvalue weighted by Crippen LogP contribution is -2.60. The minimum atomic E-state index is -2.38. The summed E-state index contributed by atoms with van der Waals surface area (Å²) in [4.78, 5) is 202. The molecule has 0 aliphatic heterocycles. The summed E-state index contributed by atoms with van der Waals surface area (Å²) in [6.07, 6.45) is 5.33. The number of hydrogen-bond acceptors (Lipinski definition) is 21.